The fourth-order valence-corrected chi connectivity index (χ4v) is 5.35. The average molecular weight is 492 g/mol. The van der Waals surface area contributed by atoms with Gasteiger partial charge in [-0.2, -0.15) is 0 Å². The number of piperidine rings is 1. The summed E-state index contributed by atoms with van der Waals surface area (Å²) in [5, 5.41) is 0.746. The Morgan fingerprint density at radius 2 is 2.00 bits per heavy atom. The number of H-pyrrole nitrogens is 1. The molecule has 5 rings (SSSR count). The quantitative estimate of drug-likeness (QED) is 0.530. The number of halogens is 2. The first-order chi connectivity index (χ1) is 13.6. The zero-order valence-electron chi connectivity index (χ0n) is 15.6. The SMILES string of the molecule is CC(c1ncc(I)[nH]1)N1C2CCC1CC(Oc1ccnc3ccc(F)cc13)C2. The first-order valence-electron chi connectivity index (χ1n) is 9.77. The van der Waals surface area contributed by atoms with Crippen molar-refractivity contribution < 1.29 is 9.13 Å². The smallest absolute Gasteiger partial charge is 0.130 e. The average Bonchev–Trinajstić information content (AvgIpc) is 3.23. The second kappa shape index (κ2) is 7.26. The van der Waals surface area contributed by atoms with E-state index in [0.717, 1.165) is 39.0 Å². The molecule has 28 heavy (non-hydrogen) atoms. The second-order valence-electron chi connectivity index (χ2n) is 7.81. The third-order valence-corrected chi connectivity index (χ3v) is 6.66. The van der Waals surface area contributed by atoms with E-state index < -0.39 is 0 Å². The summed E-state index contributed by atoms with van der Waals surface area (Å²) in [4.78, 5) is 14.9. The standard InChI is InChI=1S/C21H22FIN4O/c1-12(21-25-11-20(23)26-21)27-14-3-4-15(27)10-16(9-14)28-19-6-7-24-18-5-2-13(22)8-17(18)19/h2,5-8,11-12,14-16H,3-4,9-10H2,1H3,(H,25,26). The van der Waals surface area contributed by atoms with Gasteiger partial charge in [0.2, 0.25) is 0 Å². The van der Waals surface area contributed by atoms with Crippen LogP contribution in [0.1, 0.15) is 44.5 Å². The number of fused-ring (bicyclic) bond motifs is 3. The van der Waals surface area contributed by atoms with Gasteiger partial charge in [0.1, 0.15) is 23.5 Å². The number of ether oxygens (including phenoxy) is 1. The van der Waals surface area contributed by atoms with Crippen LogP contribution in [0.15, 0.2) is 36.7 Å². The van der Waals surface area contributed by atoms with Gasteiger partial charge >= 0.3 is 0 Å². The molecular weight excluding hydrogens is 470 g/mol. The molecule has 7 heteroatoms. The van der Waals surface area contributed by atoms with E-state index in [9.17, 15) is 4.39 Å². The molecule has 3 unspecified atom stereocenters. The Bertz CT molecular complexity index is 995. The van der Waals surface area contributed by atoms with Gasteiger partial charge in [-0.3, -0.25) is 9.88 Å². The summed E-state index contributed by atoms with van der Waals surface area (Å²) < 4.78 is 21.2. The van der Waals surface area contributed by atoms with E-state index in [1.54, 1.807) is 12.3 Å². The molecule has 5 nitrogen and oxygen atoms in total. The molecule has 2 aromatic heterocycles. The lowest BCUT2D eigenvalue weighted by atomic mass is 9.97. The largest absolute Gasteiger partial charge is 0.490 e. The Labute approximate surface area is 176 Å². The van der Waals surface area contributed by atoms with Crippen molar-refractivity contribution in [2.75, 3.05) is 0 Å². The van der Waals surface area contributed by atoms with Gasteiger partial charge < -0.3 is 9.72 Å². The normalized spacial score (nSPS) is 25.9. The Hall–Kier alpha value is -1.74. The molecule has 0 spiro atoms. The van der Waals surface area contributed by atoms with E-state index in [2.05, 4.69) is 49.4 Å². The number of nitrogens with zero attached hydrogens (tertiary/aromatic N) is 3. The summed E-state index contributed by atoms with van der Waals surface area (Å²) in [6.07, 6.45) is 8.12. The number of imidazole rings is 1. The molecule has 4 heterocycles. The minimum absolute atomic E-state index is 0.145. The minimum Gasteiger partial charge on any atom is -0.490 e. The molecule has 2 fully saturated rings. The minimum atomic E-state index is -0.262. The summed E-state index contributed by atoms with van der Waals surface area (Å²) in [5.74, 6) is 1.51. The summed E-state index contributed by atoms with van der Waals surface area (Å²) in [7, 11) is 0. The lowest BCUT2D eigenvalue weighted by molar-refractivity contribution is 0.0240. The Kier molecular flexibility index (Phi) is 4.74. The van der Waals surface area contributed by atoms with Crippen LogP contribution in [0.5, 0.6) is 5.75 Å². The molecule has 1 aromatic carbocycles. The number of rotatable bonds is 4. The van der Waals surface area contributed by atoms with Crippen LogP contribution < -0.4 is 4.74 Å². The maximum absolute atomic E-state index is 13.7. The Morgan fingerprint density at radius 3 is 2.71 bits per heavy atom. The van der Waals surface area contributed by atoms with Crippen molar-refractivity contribution in [3.8, 4) is 5.75 Å². The summed E-state index contributed by atoms with van der Waals surface area (Å²) >= 11 is 2.27. The number of aromatic amines is 1. The molecule has 2 aliphatic heterocycles. The van der Waals surface area contributed by atoms with Crippen molar-refractivity contribution in [3.05, 3.63) is 52.0 Å². The molecule has 0 amide bonds. The first kappa shape index (κ1) is 18.3. The van der Waals surface area contributed by atoms with Crippen molar-refractivity contribution >= 4 is 33.5 Å². The highest BCUT2D eigenvalue weighted by atomic mass is 127. The van der Waals surface area contributed by atoms with Crippen LogP contribution in [0.4, 0.5) is 4.39 Å². The van der Waals surface area contributed by atoms with Gasteiger partial charge in [0.15, 0.2) is 0 Å². The molecule has 1 N–H and O–H groups in total. The van der Waals surface area contributed by atoms with E-state index in [-0.39, 0.29) is 18.0 Å². The third-order valence-electron chi connectivity index (χ3n) is 6.11. The molecule has 0 radical (unpaired) electrons. The number of hydrogen-bond acceptors (Lipinski definition) is 4. The molecule has 0 aliphatic carbocycles. The van der Waals surface area contributed by atoms with E-state index in [4.69, 9.17) is 4.74 Å². The number of pyridine rings is 1. The Balaban J connectivity index is 1.35. The summed E-state index contributed by atoms with van der Waals surface area (Å²) in [6, 6.07) is 7.77. The van der Waals surface area contributed by atoms with Crippen LogP contribution in [0.2, 0.25) is 0 Å². The molecule has 2 saturated heterocycles. The fraction of sp³-hybridized carbons (Fsp3) is 0.429. The first-order valence-corrected chi connectivity index (χ1v) is 10.8. The molecule has 0 saturated carbocycles. The third kappa shape index (κ3) is 3.28. The van der Waals surface area contributed by atoms with Gasteiger partial charge in [-0.05, 0) is 79.5 Å². The lowest BCUT2D eigenvalue weighted by Gasteiger charge is -2.41. The summed E-state index contributed by atoms with van der Waals surface area (Å²) in [6.45, 7) is 2.24. The zero-order valence-corrected chi connectivity index (χ0v) is 17.8. The van der Waals surface area contributed by atoms with Crippen LogP contribution >= 0.6 is 22.6 Å². The predicted octanol–water partition coefficient (Wildman–Crippen LogP) is 4.84. The maximum atomic E-state index is 13.7. The number of aromatic nitrogens is 3. The van der Waals surface area contributed by atoms with Gasteiger partial charge in [0, 0.05) is 23.7 Å². The van der Waals surface area contributed by atoms with Crippen molar-refractivity contribution in [1.82, 2.24) is 19.9 Å². The fourth-order valence-electron chi connectivity index (χ4n) is 4.93. The highest BCUT2D eigenvalue weighted by Crippen LogP contribution is 2.42. The van der Waals surface area contributed by atoms with Crippen LogP contribution in [-0.2, 0) is 0 Å². The lowest BCUT2D eigenvalue weighted by Crippen LogP contribution is -2.47. The van der Waals surface area contributed by atoms with Crippen LogP contribution in [0, 0.1) is 9.52 Å². The molecule has 3 aromatic rings. The van der Waals surface area contributed by atoms with Gasteiger partial charge in [0.25, 0.3) is 0 Å². The van der Waals surface area contributed by atoms with E-state index >= 15 is 0 Å². The Morgan fingerprint density at radius 1 is 1.21 bits per heavy atom. The van der Waals surface area contributed by atoms with Crippen molar-refractivity contribution in [2.24, 2.45) is 0 Å². The zero-order chi connectivity index (χ0) is 19.3. The predicted molar refractivity (Wildman–Crippen MR) is 114 cm³/mol. The van der Waals surface area contributed by atoms with Gasteiger partial charge in [-0.15, -0.1) is 0 Å². The van der Waals surface area contributed by atoms with Gasteiger partial charge in [0.05, 0.1) is 21.5 Å². The second-order valence-corrected chi connectivity index (χ2v) is 8.97. The van der Waals surface area contributed by atoms with Crippen LogP contribution in [0.3, 0.4) is 0 Å². The number of nitrogens with one attached hydrogen (secondary N) is 1. The molecule has 146 valence electrons. The van der Waals surface area contributed by atoms with Gasteiger partial charge in [-0.1, -0.05) is 0 Å². The van der Waals surface area contributed by atoms with E-state index in [1.165, 1.54) is 25.0 Å². The molecular formula is C21H22FIN4O. The van der Waals surface area contributed by atoms with Crippen molar-refractivity contribution in [1.29, 1.82) is 0 Å². The summed E-state index contributed by atoms with van der Waals surface area (Å²) in [5.41, 5.74) is 0.764. The molecule has 2 bridgehead atoms. The van der Waals surface area contributed by atoms with Crippen molar-refractivity contribution in [2.45, 2.75) is 56.8 Å². The van der Waals surface area contributed by atoms with E-state index in [1.807, 2.05) is 12.3 Å². The molecule has 3 atom stereocenters. The number of hydrogen-bond donors (Lipinski definition) is 1. The monoisotopic (exact) mass is 492 g/mol. The maximum Gasteiger partial charge on any atom is 0.130 e. The van der Waals surface area contributed by atoms with Crippen LogP contribution in [-0.4, -0.2) is 38.0 Å². The molecule has 2 aliphatic rings. The topological polar surface area (TPSA) is 54.0 Å². The highest BCUT2D eigenvalue weighted by Gasteiger charge is 2.44. The van der Waals surface area contributed by atoms with Crippen molar-refractivity contribution in [3.63, 3.8) is 0 Å². The van der Waals surface area contributed by atoms with E-state index in [0.29, 0.717) is 12.1 Å². The highest BCUT2D eigenvalue weighted by molar-refractivity contribution is 14.1. The van der Waals surface area contributed by atoms with Gasteiger partial charge in [-0.25, -0.2) is 9.37 Å². The van der Waals surface area contributed by atoms with Crippen LogP contribution in [0.25, 0.3) is 10.9 Å². The number of benzene rings is 1.